The Balaban J connectivity index is 2.30. The fourth-order valence-electron chi connectivity index (χ4n) is 2.67. The summed E-state index contributed by atoms with van der Waals surface area (Å²) in [5.74, 6) is -1.64. The number of benzene rings is 2. The van der Waals surface area contributed by atoms with Gasteiger partial charge in [0.1, 0.15) is 6.04 Å². The van der Waals surface area contributed by atoms with Crippen molar-refractivity contribution in [2.24, 2.45) is 0 Å². The second kappa shape index (κ2) is 9.40. The third kappa shape index (κ3) is 5.23. The number of carbonyl (C=O) groups excluding carboxylic acids is 2. The van der Waals surface area contributed by atoms with Crippen molar-refractivity contribution in [1.82, 2.24) is 5.32 Å². The number of carboxylic acid groups (broad SMARTS) is 1. The Morgan fingerprint density at radius 1 is 1.07 bits per heavy atom. The summed E-state index contributed by atoms with van der Waals surface area (Å²) in [5.41, 5.74) is 1.15. The second-order valence-electron chi connectivity index (χ2n) is 5.99. The summed E-state index contributed by atoms with van der Waals surface area (Å²) in [6.07, 6.45) is 0.133. The summed E-state index contributed by atoms with van der Waals surface area (Å²) in [5, 5.41) is 14.5. The molecule has 8 heteroatoms. The van der Waals surface area contributed by atoms with Crippen molar-refractivity contribution in [3.05, 3.63) is 53.6 Å². The first kappa shape index (κ1) is 20.8. The zero-order valence-electron chi connectivity index (χ0n) is 15.8. The fourth-order valence-corrected chi connectivity index (χ4v) is 2.67. The minimum absolute atomic E-state index is 0.126. The Labute approximate surface area is 162 Å². The Bertz CT molecular complexity index is 866. The van der Waals surface area contributed by atoms with E-state index in [9.17, 15) is 19.5 Å². The second-order valence-corrected chi connectivity index (χ2v) is 5.99. The van der Waals surface area contributed by atoms with Crippen LogP contribution in [0.25, 0.3) is 0 Å². The summed E-state index contributed by atoms with van der Waals surface area (Å²) < 4.78 is 10.5. The number of methoxy groups -OCH3 is 2. The minimum atomic E-state index is -1.15. The summed E-state index contributed by atoms with van der Waals surface area (Å²) in [6.45, 7) is 1.32. The Kier molecular flexibility index (Phi) is 6.97. The number of rotatable bonds is 8. The molecule has 2 aromatic rings. The van der Waals surface area contributed by atoms with Gasteiger partial charge in [0.2, 0.25) is 5.91 Å². The first-order valence-electron chi connectivity index (χ1n) is 8.47. The quantitative estimate of drug-likeness (QED) is 0.640. The van der Waals surface area contributed by atoms with Gasteiger partial charge in [-0.25, -0.2) is 4.79 Å². The van der Waals surface area contributed by atoms with E-state index in [1.54, 1.807) is 24.3 Å². The van der Waals surface area contributed by atoms with Crippen molar-refractivity contribution < 1.29 is 29.0 Å². The van der Waals surface area contributed by atoms with Crippen molar-refractivity contribution >= 4 is 23.5 Å². The molecule has 0 saturated heterocycles. The molecule has 2 amide bonds. The average Bonchev–Trinajstić information content (AvgIpc) is 2.66. The van der Waals surface area contributed by atoms with Crippen molar-refractivity contribution in [2.45, 2.75) is 19.4 Å². The molecular weight excluding hydrogens is 364 g/mol. The monoisotopic (exact) mass is 386 g/mol. The molecule has 0 bridgehead atoms. The van der Waals surface area contributed by atoms with Crippen molar-refractivity contribution in [2.75, 3.05) is 19.5 Å². The molecule has 148 valence electrons. The molecule has 0 fully saturated rings. The van der Waals surface area contributed by atoms with Gasteiger partial charge in [0, 0.05) is 18.9 Å². The zero-order chi connectivity index (χ0) is 20.7. The van der Waals surface area contributed by atoms with E-state index in [1.165, 1.54) is 33.3 Å². The Hall–Kier alpha value is -3.55. The maximum atomic E-state index is 12.7. The number of hydrogen-bond donors (Lipinski definition) is 3. The molecule has 28 heavy (non-hydrogen) atoms. The highest BCUT2D eigenvalue weighted by molar-refractivity contribution is 6.00. The van der Waals surface area contributed by atoms with Gasteiger partial charge in [-0.15, -0.1) is 0 Å². The van der Waals surface area contributed by atoms with E-state index >= 15 is 0 Å². The van der Waals surface area contributed by atoms with Crippen LogP contribution in [0.4, 0.5) is 5.69 Å². The van der Waals surface area contributed by atoms with Gasteiger partial charge in [-0.1, -0.05) is 30.3 Å². The van der Waals surface area contributed by atoms with Crippen LogP contribution in [-0.4, -0.2) is 43.2 Å². The number of aliphatic carboxylic acids is 1. The van der Waals surface area contributed by atoms with Crippen LogP contribution in [0.15, 0.2) is 42.5 Å². The molecule has 0 unspecified atom stereocenters. The van der Waals surface area contributed by atoms with Gasteiger partial charge in [0.15, 0.2) is 11.5 Å². The molecule has 0 radical (unpaired) electrons. The first-order valence-corrected chi connectivity index (χ1v) is 8.47. The molecule has 1 atom stereocenters. The molecule has 0 spiro atoms. The van der Waals surface area contributed by atoms with Gasteiger partial charge in [0.05, 0.1) is 19.9 Å². The van der Waals surface area contributed by atoms with E-state index in [2.05, 4.69) is 10.6 Å². The lowest BCUT2D eigenvalue weighted by Crippen LogP contribution is -2.42. The molecule has 8 nitrogen and oxygen atoms in total. The lowest BCUT2D eigenvalue weighted by atomic mass is 10.1. The van der Waals surface area contributed by atoms with Crippen LogP contribution < -0.4 is 20.1 Å². The fraction of sp³-hybridized carbons (Fsp3) is 0.250. The average molecular weight is 386 g/mol. The number of anilines is 1. The van der Waals surface area contributed by atoms with Crippen LogP contribution in [0.2, 0.25) is 0 Å². The number of amides is 2. The predicted octanol–water partition coefficient (Wildman–Crippen LogP) is 2.09. The SMILES string of the molecule is COc1cc(C(=O)N[C@@H](Cc2ccccc2)C(=O)O)cc(NC(C)=O)c1OC. The highest BCUT2D eigenvalue weighted by Crippen LogP contribution is 2.36. The zero-order valence-corrected chi connectivity index (χ0v) is 15.8. The molecule has 2 aromatic carbocycles. The number of hydrogen-bond acceptors (Lipinski definition) is 5. The number of nitrogens with one attached hydrogen (secondary N) is 2. The largest absolute Gasteiger partial charge is 0.493 e. The normalized spacial score (nSPS) is 11.2. The number of carboxylic acids is 1. The lowest BCUT2D eigenvalue weighted by Gasteiger charge is -2.17. The Morgan fingerprint density at radius 3 is 2.29 bits per heavy atom. The molecule has 0 saturated carbocycles. The van der Waals surface area contributed by atoms with E-state index in [0.717, 1.165) is 5.56 Å². The van der Waals surface area contributed by atoms with Gasteiger partial charge >= 0.3 is 5.97 Å². The highest BCUT2D eigenvalue weighted by atomic mass is 16.5. The summed E-state index contributed by atoms with van der Waals surface area (Å²) in [6, 6.07) is 10.7. The maximum absolute atomic E-state index is 12.7. The van der Waals surface area contributed by atoms with Gasteiger partial charge < -0.3 is 25.2 Å². The van der Waals surface area contributed by atoms with E-state index in [1.807, 2.05) is 6.07 Å². The topological polar surface area (TPSA) is 114 Å². The van der Waals surface area contributed by atoms with E-state index in [4.69, 9.17) is 9.47 Å². The highest BCUT2D eigenvalue weighted by Gasteiger charge is 2.23. The lowest BCUT2D eigenvalue weighted by molar-refractivity contribution is -0.139. The van der Waals surface area contributed by atoms with Crippen LogP contribution in [-0.2, 0) is 16.0 Å². The molecule has 0 heterocycles. The standard InChI is InChI=1S/C20H22N2O6/c1-12(23)21-15-10-14(11-17(27-2)18(15)28-3)19(24)22-16(20(25)26)9-13-7-5-4-6-8-13/h4-8,10-11,16H,9H2,1-3H3,(H,21,23)(H,22,24)(H,25,26)/t16-/m0/s1. The van der Waals surface area contributed by atoms with Crippen molar-refractivity contribution in [3.63, 3.8) is 0 Å². The van der Waals surface area contributed by atoms with Gasteiger partial charge in [0.25, 0.3) is 5.91 Å². The molecule has 3 N–H and O–H groups in total. The van der Waals surface area contributed by atoms with Crippen molar-refractivity contribution in [1.29, 1.82) is 0 Å². The van der Waals surface area contributed by atoms with E-state index in [0.29, 0.717) is 0 Å². The maximum Gasteiger partial charge on any atom is 0.326 e. The third-order valence-electron chi connectivity index (χ3n) is 3.94. The van der Waals surface area contributed by atoms with Crippen LogP contribution in [0.3, 0.4) is 0 Å². The number of carbonyl (C=O) groups is 3. The van der Waals surface area contributed by atoms with Crippen LogP contribution in [0.1, 0.15) is 22.8 Å². The summed E-state index contributed by atoms with van der Waals surface area (Å²) >= 11 is 0. The Morgan fingerprint density at radius 2 is 1.75 bits per heavy atom. The smallest absolute Gasteiger partial charge is 0.326 e. The minimum Gasteiger partial charge on any atom is -0.493 e. The molecule has 2 rings (SSSR count). The number of ether oxygens (including phenoxy) is 2. The van der Waals surface area contributed by atoms with Crippen LogP contribution in [0, 0.1) is 0 Å². The van der Waals surface area contributed by atoms with Crippen LogP contribution >= 0.6 is 0 Å². The van der Waals surface area contributed by atoms with E-state index in [-0.39, 0.29) is 35.1 Å². The molecule has 0 aliphatic heterocycles. The first-order chi connectivity index (χ1) is 13.3. The van der Waals surface area contributed by atoms with E-state index < -0.39 is 17.9 Å². The molecule has 0 aromatic heterocycles. The molecule has 0 aliphatic rings. The van der Waals surface area contributed by atoms with Gasteiger partial charge in [-0.2, -0.15) is 0 Å². The third-order valence-corrected chi connectivity index (χ3v) is 3.94. The van der Waals surface area contributed by atoms with Crippen molar-refractivity contribution in [3.8, 4) is 11.5 Å². The van der Waals surface area contributed by atoms with Crippen LogP contribution in [0.5, 0.6) is 11.5 Å². The molecular formula is C20H22N2O6. The summed E-state index contributed by atoms with van der Waals surface area (Å²) in [7, 11) is 2.80. The van der Waals surface area contributed by atoms with Gasteiger partial charge in [-0.05, 0) is 17.7 Å². The summed E-state index contributed by atoms with van der Waals surface area (Å²) in [4.78, 5) is 35.7. The predicted molar refractivity (Wildman–Crippen MR) is 103 cm³/mol. The van der Waals surface area contributed by atoms with Gasteiger partial charge in [-0.3, -0.25) is 9.59 Å². The molecule has 0 aliphatic carbocycles.